The van der Waals surface area contributed by atoms with E-state index in [-0.39, 0.29) is 5.97 Å². The molecule has 156 valence electrons. The quantitative estimate of drug-likeness (QED) is 0.327. The Bertz CT molecular complexity index is 1010. The maximum absolute atomic E-state index is 11.5. The van der Waals surface area contributed by atoms with Crippen LogP contribution in [0.4, 0.5) is 0 Å². The first-order valence-electron chi connectivity index (χ1n) is 10.7. The van der Waals surface area contributed by atoms with Crippen LogP contribution in [0.25, 0.3) is 22.9 Å². The minimum atomic E-state index is -0.319. The minimum Gasteiger partial charge on any atom is -0.463 e. The second kappa shape index (κ2) is 10.1. The van der Waals surface area contributed by atoms with Gasteiger partial charge in [0.2, 0.25) is 0 Å². The third-order valence-corrected chi connectivity index (χ3v) is 5.36. The molecule has 0 saturated heterocycles. The van der Waals surface area contributed by atoms with Crippen LogP contribution in [0.15, 0.2) is 60.8 Å². The molecule has 4 nitrogen and oxygen atoms in total. The Labute approximate surface area is 179 Å². The van der Waals surface area contributed by atoms with E-state index in [1.165, 1.54) is 17.2 Å². The number of nitrogens with zero attached hydrogens (tertiary/aromatic N) is 2. The molecule has 0 amide bonds. The largest absolute Gasteiger partial charge is 0.463 e. The summed E-state index contributed by atoms with van der Waals surface area (Å²) in [6, 6.07) is 16.9. The predicted octanol–water partition coefficient (Wildman–Crippen LogP) is 6.33. The summed E-state index contributed by atoms with van der Waals surface area (Å²) in [6.07, 6.45) is 7.45. The van der Waals surface area contributed by atoms with Gasteiger partial charge in [-0.25, -0.2) is 9.48 Å². The van der Waals surface area contributed by atoms with Gasteiger partial charge >= 0.3 is 5.97 Å². The Kier molecular flexibility index (Phi) is 7.23. The molecule has 4 heteroatoms. The van der Waals surface area contributed by atoms with Crippen LogP contribution in [0.3, 0.4) is 0 Å². The molecule has 0 atom stereocenters. The topological polar surface area (TPSA) is 44.1 Å². The molecule has 0 aliphatic rings. The molecule has 0 fully saturated rings. The first kappa shape index (κ1) is 21.6. The van der Waals surface area contributed by atoms with Crippen LogP contribution in [0.1, 0.15) is 56.4 Å². The first-order valence-corrected chi connectivity index (χ1v) is 10.7. The van der Waals surface area contributed by atoms with Crippen molar-refractivity contribution in [2.75, 3.05) is 6.61 Å². The van der Waals surface area contributed by atoms with Gasteiger partial charge in [0.25, 0.3) is 0 Å². The van der Waals surface area contributed by atoms with Crippen molar-refractivity contribution in [3.63, 3.8) is 0 Å². The summed E-state index contributed by atoms with van der Waals surface area (Å²) in [7, 11) is 0. The van der Waals surface area contributed by atoms with E-state index >= 15 is 0 Å². The highest BCUT2D eigenvalue weighted by Gasteiger charge is 2.15. The molecule has 0 N–H and O–H groups in total. The lowest BCUT2D eigenvalue weighted by atomic mass is 9.89. The standard InChI is InChI=1S/C26H30N2O2/c1-5-21(6-2)24-18-23(13-14-25(24)28-17-16-19(4)27-28)22-11-8-20(9-12-22)10-15-26(29)30-7-3/h8-18,21H,5-7H2,1-4H3/b15-10+. The normalized spacial score (nSPS) is 11.4. The summed E-state index contributed by atoms with van der Waals surface area (Å²) >= 11 is 0. The Hall–Kier alpha value is -3.14. The van der Waals surface area contributed by atoms with Crippen molar-refractivity contribution in [3.05, 3.63) is 77.6 Å². The number of hydrogen-bond acceptors (Lipinski definition) is 3. The molecule has 1 heterocycles. The van der Waals surface area contributed by atoms with Crippen molar-refractivity contribution in [1.29, 1.82) is 0 Å². The molecule has 2 aromatic carbocycles. The molecule has 0 saturated carbocycles. The van der Waals surface area contributed by atoms with Gasteiger partial charge in [0, 0.05) is 12.3 Å². The number of carbonyl (C=O) groups excluding carboxylic acids is 1. The zero-order valence-corrected chi connectivity index (χ0v) is 18.3. The lowest BCUT2D eigenvalue weighted by Crippen LogP contribution is -2.05. The van der Waals surface area contributed by atoms with Crippen LogP contribution in [0.2, 0.25) is 0 Å². The number of aryl methyl sites for hydroxylation is 1. The summed E-state index contributed by atoms with van der Waals surface area (Å²) in [5, 5.41) is 4.63. The van der Waals surface area contributed by atoms with Crippen LogP contribution in [-0.4, -0.2) is 22.4 Å². The molecule has 1 aromatic heterocycles. The SMILES string of the molecule is CCOC(=O)/C=C/c1ccc(-c2ccc(-n3ccc(C)n3)c(C(CC)CC)c2)cc1. The number of benzene rings is 2. The maximum atomic E-state index is 11.5. The Balaban J connectivity index is 1.92. The monoisotopic (exact) mass is 402 g/mol. The van der Waals surface area contributed by atoms with E-state index in [0.717, 1.165) is 35.3 Å². The number of hydrogen-bond donors (Lipinski definition) is 0. The fraction of sp³-hybridized carbons (Fsp3) is 0.308. The van der Waals surface area contributed by atoms with Crippen molar-refractivity contribution in [2.45, 2.75) is 46.5 Å². The van der Waals surface area contributed by atoms with Crippen LogP contribution in [0, 0.1) is 6.92 Å². The van der Waals surface area contributed by atoms with Gasteiger partial charge in [-0.3, -0.25) is 0 Å². The van der Waals surface area contributed by atoms with Crippen LogP contribution in [0.5, 0.6) is 0 Å². The molecule has 0 unspecified atom stereocenters. The summed E-state index contributed by atoms with van der Waals surface area (Å²) in [5.41, 5.74) is 6.79. The summed E-state index contributed by atoms with van der Waals surface area (Å²) in [5.74, 6) is 0.164. The van der Waals surface area contributed by atoms with E-state index in [1.54, 1.807) is 13.0 Å². The van der Waals surface area contributed by atoms with Gasteiger partial charge < -0.3 is 4.74 Å². The zero-order chi connectivity index (χ0) is 21.5. The highest BCUT2D eigenvalue weighted by molar-refractivity contribution is 5.87. The smallest absolute Gasteiger partial charge is 0.330 e. The fourth-order valence-electron chi connectivity index (χ4n) is 3.69. The van der Waals surface area contributed by atoms with Crippen molar-refractivity contribution in [3.8, 4) is 16.8 Å². The summed E-state index contributed by atoms with van der Waals surface area (Å²) in [4.78, 5) is 11.5. The average molecular weight is 403 g/mol. The Morgan fingerprint density at radius 1 is 1.03 bits per heavy atom. The van der Waals surface area contributed by atoms with Crippen LogP contribution in [-0.2, 0) is 9.53 Å². The first-order chi connectivity index (χ1) is 14.5. The average Bonchev–Trinajstić information content (AvgIpc) is 3.20. The van der Waals surface area contributed by atoms with Crippen molar-refractivity contribution in [1.82, 2.24) is 9.78 Å². The number of aromatic nitrogens is 2. The van der Waals surface area contributed by atoms with E-state index in [1.807, 2.05) is 36.0 Å². The zero-order valence-electron chi connectivity index (χ0n) is 18.3. The van der Waals surface area contributed by atoms with E-state index in [0.29, 0.717) is 12.5 Å². The molecule has 3 aromatic rings. The van der Waals surface area contributed by atoms with Gasteiger partial charge in [-0.2, -0.15) is 5.10 Å². The van der Waals surface area contributed by atoms with E-state index < -0.39 is 0 Å². The second-order valence-corrected chi connectivity index (χ2v) is 7.40. The van der Waals surface area contributed by atoms with Gasteiger partial charge in [0.15, 0.2) is 0 Å². The third-order valence-electron chi connectivity index (χ3n) is 5.36. The number of esters is 1. The molecule has 0 aliphatic carbocycles. The Morgan fingerprint density at radius 3 is 2.33 bits per heavy atom. The fourth-order valence-corrected chi connectivity index (χ4v) is 3.69. The third kappa shape index (κ3) is 5.07. The molecular weight excluding hydrogens is 372 g/mol. The molecule has 0 spiro atoms. The lowest BCUT2D eigenvalue weighted by molar-refractivity contribution is -0.137. The van der Waals surface area contributed by atoms with Crippen molar-refractivity contribution < 1.29 is 9.53 Å². The molecule has 0 aliphatic heterocycles. The number of carbonyl (C=O) groups is 1. The summed E-state index contributed by atoms with van der Waals surface area (Å²) in [6.45, 7) is 8.68. The maximum Gasteiger partial charge on any atom is 0.330 e. The van der Waals surface area contributed by atoms with Crippen LogP contribution < -0.4 is 0 Å². The highest BCUT2D eigenvalue weighted by Crippen LogP contribution is 2.33. The van der Waals surface area contributed by atoms with Crippen molar-refractivity contribution >= 4 is 12.0 Å². The molecule has 0 bridgehead atoms. The van der Waals surface area contributed by atoms with E-state index in [4.69, 9.17) is 4.74 Å². The molecule has 0 radical (unpaired) electrons. The lowest BCUT2D eigenvalue weighted by Gasteiger charge is -2.19. The van der Waals surface area contributed by atoms with E-state index in [2.05, 4.69) is 49.3 Å². The van der Waals surface area contributed by atoms with Crippen molar-refractivity contribution in [2.24, 2.45) is 0 Å². The summed E-state index contributed by atoms with van der Waals surface area (Å²) < 4.78 is 6.91. The van der Waals surface area contributed by atoms with Gasteiger partial charge in [-0.1, -0.05) is 44.2 Å². The predicted molar refractivity (Wildman–Crippen MR) is 123 cm³/mol. The number of ether oxygens (including phenoxy) is 1. The Morgan fingerprint density at radius 2 is 1.73 bits per heavy atom. The molecule has 30 heavy (non-hydrogen) atoms. The van der Waals surface area contributed by atoms with Gasteiger partial charge in [-0.05, 0) is 79.1 Å². The minimum absolute atomic E-state index is 0.319. The van der Waals surface area contributed by atoms with Gasteiger partial charge in [-0.15, -0.1) is 0 Å². The van der Waals surface area contributed by atoms with E-state index in [9.17, 15) is 4.79 Å². The van der Waals surface area contributed by atoms with Gasteiger partial charge in [0.05, 0.1) is 18.0 Å². The van der Waals surface area contributed by atoms with Crippen LogP contribution >= 0.6 is 0 Å². The van der Waals surface area contributed by atoms with Gasteiger partial charge in [0.1, 0.15) is 0 Å². The highest BCUT2D eigenvalue weighted by atomic mass is 16.5. The molecular formula is C26H30N2O2. The molecule has 3 rings (SSSR count). The number of rotatable bonds is 8. The second-order valence-electron chi connectivity index (χ2n) is 7.40.